The molecule has 1 amide bonds. The number of aromatic nitrogens is 2. The van der Waals surface area contributed by atoms with E-state index in [2.05, 4.69) is 16.9 Å². The van der Waals surface area contributed by atoms with E-state index < -0.39 is 6.10 Å². The van der Waals surface area contributed by atoms with E-state index in [1.54, 1.807) is 20.1 Å². The number of rotatable bonds is 5. The molecule has 7 heteroatoms. The minimum absolute atomic E-state index is 0.0296. The van der Waals surface area contributed by atoms with Crippen molar-refractivity contribution in [3.63, 3.8) is 0 Å². The predicted molar refractivity (Wildman–Crippen MR) is 109 cm³/mol. The maximum absolute atomic E-state index is 12.9. The summed E-state index contributed by atoms with van der Waals surface area (Å²) in [5, 5.41) is 0. The molecule has 2 aliphatic heterocycles. The summed E-state index contributed by atoms with van der Waals surface area (Å²) in [6.45, 7) is 4.06. The maximum atomic E-state index is 12.9. The van der Waals surface area contributed by atoms with Crippen molar-refractivity contribution in [1.29, 1.82) is 0 Å². The Morgan fingerprint density at radius 2 is 2.10 bits per heavy atom. The van der Waals surface area contributed by atoms with Crippen molar-refractivity contribution in [2.24, 2.45) is 0 Å². The van der Waals surface area contributed by atoms with E-state index in [1.807, 2.05) is 29.3 Å². The molecule has 1 saturated heterocycles. The highest BCUT2D eigenvalue weighted by Gasteiger charge is 2.29. The molecule has 1 aromatic carbocycles. The van der Waals surface area contributed by atoms with Gasteiger partial charge in [0, 0.05) is 37.3 Å². The van der Waals surface area contributed by atoms with Crippen molar-refractivity contribution in [3.8, 4) is 11.5 Å². The third-order valence-corrected chi connectivity index (χ3v) is 5.78. The summed E-state index contributed by atoms with van der Waals surface area (Å²) in [7, 11) is 3.74. The lowest BCUT2D eigenvalue weighted by molar-refractivity contribution is -0.138. The molecule has 2 aromatic rings. The third kappa shape index (κ3) is 4.19. The molecule has 2 aliphatic rings. The first-order chi connectivity index (χ1) is 14.0. The van der Waals surface area contributed by atoms with Gasteiger partial charge in [-0.1, -0.05) is 6.07 Å². The van der Waals surface area contributed by atoms with E-state index in [0.29, 0.717) is 30.6 Å². The molecular formula is C22H28N4O3. The molecule has 154 valence electrons. The first kappa shape index (κ1) is 19.6. The Bertz CT molecular complexity index is 888. The van der Waals surface area contributed by atoms with Crippen LogP contribution in [0.3, 0.4) is 0 Å². The molecule has 0 spiro atoms. The summed E-state index contributed by atoms with van der Waals surface area (Å²) in [5.74, 6) is 2.21. The standard InChI is InChI=1S/C22H28N4O3/c1-15(29-18-7-4-6-17(12-18)28-3)22(27)26-11-9-19-16(14-26)13-23-21(24-19)20-8-5-10-25(20)2/h4,6-7,12-13,15,20H,5,8-11,14H2,1-3H3/t15-,20-/m0/s1. The molecule has 1 aromatic heterocycles. The molecule has 0 N–H and O–H groups in total. The SMILES string of the molecule is COc1cccc(O[C@@H](C)C(=O)N2CCc3nc([C@@H]4CCCN4C)ncc3C2)c1. The molecule has 0 unspecified atom stereocenters. The van der Waals surface area contributed by atoms with Gasteiger partial charge < -0.3 is 14.4 Å². The van der Waals surface area contributed by atoms with E-state index in [-0.39, 0.29) is 5.91 Å². The number of methoxy groups -OCH3 is 1. The lowest BCUT2D eigenvalue weighted by Gasteiger charge is -2.31. The van der Waals surface area contributed by atoms with Crippen LogP contribution in [-0.2, 0) is 17.8 Å². The number of amides is 1. The zero-order valence-electron chi connectivity index (χ0n) is 17.3. The van der Waals surface area contributed by atoms with Gasteiger partial charge in [-0.15, -0.1) is 0 Å². The van der Waals surface area contributed by atoms with Crippen LogP contribution in [-0.4, -0.2) is 59.0 Å². The Morgan fingerprint density at radius 1 is 1.28 bits per heavy atom. The van der Waals surface area contributed by atoms with Crippen LogP contribution in [0, 0.1) is 0 Å². The lowest BCUT2D eigenvalue weighted by Crippen LogP contribution is -2.43. The van der Waals surface area contributed by atoms with Gasteiger partial charge >= 0.3 is 0 Å². The third-order valence-electron chi connectivity index (χ3n) is 5.78. The average molecular weight is 396 g/mol. The van der Waals surface area contributed by atoms with Crippen molar-refractivity contribution >= 4 is 5.91 Å². The number of likely N-dealkylation sites (tertiary alicyclic amines) is 1. The van der Waals surface area contributed by atoms with Crippen LogP contribution < -0.4 is 9.47 Å². The summed E-state index contributed by atoms with van der Waals surface area (Å²) in [6.07, 6.45) is 4.38. The Hall–Kier alpha value is -2.67. The molecule has 0 saturated carbocycles. The van der Waals surface area contributed by atoms with E-state index in [4.69, 9.17) is 14.5 Å². The zero-order chi connectivity index (χ0) is 20.4. The smallest absolute Gasteiger partial charge is 0.263 e. The number of hydrogen-bond donors (Lipinski definition) is 0. The fourth-order valence-electron chi connectivity index (χ4n) is 4.10. The minimum atomic E-state index is -0.573. The van der Waals surface area contributed by atoms with Gasteiger partial charge in [-0.25, -0.2) is 9.97 Å². The Kier molecular flexibility index (Phi) is 5.67. The number of fused-ring (bicyclic) bond motifs is 1. The van der Waals surface area contributed by atoms with Crippen molar-refractivity contribution in [1.82, 2.24) is 19.8 Å². The number of carbonyl (C=O) groups is 1. The second-order valence-corrected chi connectivity index (χ2v) is 7.79. The van der Waals surface area contributed by atoms with Gasteiger partial charge in [0.1, 0.15) is 17.3 Å². The Labute approximate surface area is 171 Å². The van der Waals surface area contributed by atoms with Crippen LogP contribution in [0.2, 0.25) is 0 Å². The van der Waals surface area contributed by atoms with E-state index >= 15 is 0 Å². The molecule has 1 fully saturated rings. The normalized spacial score (nSPS) is 20.2. The zero-order valence-corrected chi connectivity index (χ0v) is 17.3. The van der Waals surface area contributed by atoms with Crippen LogP contribution >= 0.6 is 0 Å². The Morgan fingerprint density at radius 3 is 2.86 bits per heavy atom. The molecule has 4 rings (SSSR count). The first-order valence-corrected chi connectivity index (χ1v) is 10.2. The largest absolute Gasteiger partial charge is 0.497 e. The molecule has 3 heterocycles. The molecule has 2 atom stereocenters. The monoisotopic (exact) mass is 396 g/mol. The van der Waals surface area contributed by atoms with Crippen LogP contribution in [0.15, 0.2) is 30.5 Å². The second-order valence-electron chi connectivity index (χ2n) is 7.79. The van der Waals surface area contributed by atoms with E-state index in [0.717, 1.165) is 36.5 Å². The highest BCUT2D eigenvalue weighted by Crippen LogP contribution is 2.29. The first-order valence-electron chi connectivity index (χ1n) is 10.2. The summed E-state index contributed by atoms with van der Waals surface area (Å²) in [5.41, 5.74) is 2.10. The fraction of sp³-hybridized carbons (Fsp3) is 0.500. The predicted octanol–water partition coefficient (Wildman–Crippen LogP) is 2.60. The van der Waals surface area contributed by atoms with Crippen molar-refractivity contribution in [3.05, 3.63) is 47.5 Å². The van der Waals surface area contributed by atoms with Gasteiger partial charge in [0.05, 0.1) is 18.8 Å². The van der Waals surface area contributed by atoms with Gasteiger partial charge in [0.25, 0.3) is 5.91 Å². The number of nitrogens with zero attached hydrogens (tertiary/aromatic N) is 4. The minimum Gasteiger partial charge on any atom is -0.497 e. The second kappa shape index (κ2) is 8.37. The summed E-state index contributed by atoms with van der Waals surface area (Å²) in [4.78, 5) is 26.5. The molecule has 0 bridgehead atoms. The number of carbonyl (C=O) groups excluding carboxylic acids is 1. The van der Waals surface area contributed by atoms with Gasteiger partial charge in [-0.2, -0.15) is 0 Å². The van der Waals surface area contributed by atoms with Gasteiger partial charge in [-0.05, 0) is 45.5 Å². The topological polar surface area (TPSA) is 67.8 Å². The molecule has 0 radical (unpaired) electrons. The quantitative estimate of drug-likeness (QED) is 0.774. The average Bonchev–Trinajstić information content (AvgIpc) is 3.18. The molecular weight excluding hydrogens is 368 g/mol. The van der Waals surface area contributed by atoms with Crippen molar-refractivity contribution in [2.45, 2.75) is 44.9 Å². The van der Waals surface area contributed by atoms with Crippen molar-refractivity contribution < 1.29 is 14.3 Å². The van der Waals surface area contributed by atoms with Crippen LogP contribution in [0.25, 0.3) is 0 Å². The van der Waals surface area contributed by atoms with Gasteiger partial charge in [-0.3, -0.25) is 9.69 Å². The molecule has 29 heavy (non-hydrogen) atoms. The van der Waals surface area contributed by atoms with Crippen LogP contribution in [0.5, 0.6) is 11.5 Å². The van der Waals surface area contributed by atoms with Gasteiger partial charge in [0.15, 0.2) is 6.10 Å². The number of benzene rings is 1. The summed E-state index contributed by atoms with van der Waals surface area (Å²) < 4.78 is 11.1. The number of hydrogen-bond acceptors (Lipinski definition) is 6. The fourth-order valence-corrected chi connectivity index (χ4v) is 4.10. The van der Waals surface area contributed by atoms with Crippen LogP contribution in [0.4, 0.5) is 0 Å². The van der Waals surface area contributed by atoms with E-state index in [9.17, 15) is 4.79 Å². The Balaban J connectivity index is 1.41. The maximum Gasteiger partial charge on any atom is 0.263 e. The highest BCUT2D eigenvalue weighted by molar-refractivity contribution is 5.81. The van der Waals surface area contributed by atoms with Gasteiger partial charge in [0.2, 0.25) is 0 Å². The molecule has 7 nitrogen and oxygen atoms in total. The highest BCUT2D eigenvalue weighted by atomic mass is 16.5. The lowest BCUT2D eigenvalue weighted by atomic mass is 10.1. The summed E-state index contributed by atoms with van der Waals surface area (Å²) in [6, 6.07) is 7.62. The van der Waals surface area contributed by atoms with E-state index in [1.165, 1.54) is 6.42 Å². The summed E-state index contributed by atoms with van der Waals surface area (Å²) >= 11 is 0. The number of ether oxygens (including phenoxy) is 2. The molecule has 0 aliphatic carbocycles. The van der Waals surface area contributed by atoms with Crippen LogP contribution in [0.1, 0.15) is 42.9 Å². The van der Waals surface area contributed by atoms with Crippen molar-refractivity contribution in [2.75, 3.05) is 27.2 Å².